The first-order valence-electron chi connectivity index (χ1n) is 7.34. The molecule has 116 valence electrons. The van der Waals surface area contributed by atoms with Crippen LogP contribution in [0.5, 0.6) is 0 Å². The molecule has 1 aliphatic rings. The van der Waals surface area contributed by atoms with E-state index in [0.717, 1.165) is 36.1 Å². The monoisotopic (exact) mass is 354 g/mol. The number of hydrogen-bond acceptors (Lipinski definition) is 3. The molecule has 1 heterocycles. The van der Waals surface area contributed by atoms with Crippen LogP contribution in [0.1, 0.15) is 33.6 Å². The first-order valence-corrected chi connectivity index (χ1v) is 8.13. The molecule has 1 aromatic carbocycles. The van der Waals surface area contributed by atoms with Crippen LogP contribution in [-0.2, 0) is 4.74 Å². The van der Waals surface area contributed by atoms with Crippen molar-refractivity contribution in [3.63, 3.8) is 0 Å². The van der Waals surface area contributed by atoms with E-state index in [-0.39, 0.29) is 12.1 Å². The predicted molar refractivity (Wildman–Crippen MR) is 88.6 cm³/mol. The van der Waals surface area contributed by atoms with E-state index in [1.165, 1.54) is 0 Å². The third-order valence-electron chi connectivity index (χ3n) is 3.39. The Kier molecular flexibility index (Phi) is 5.14. The smallest absolute Gasteiger partial charge is 0.410 e. The van der Waals surface area contributed by atoms with E-state index in [4.69, 9.17) is 4.74 Å². The van der Waals surface area contributed by atoms with Crippen molar-refractivity contribution in [2.24, 2.45) is 0 Å². The molecule has 1 atom stereocenters. The molecule has 1 fully saturated rings. The van der Waals surface area contributed by atoms with Gasteiger partial charge in [-0.1, -0.05) is 15.9 Å². The van der Waals surface area contributed by atoms with E-state index >= 15 is 0 Å². The molecule has 1 amide bonds. The predicted octanol–water partition coefficient (Wildman–Crippen LogP) is 4.26. The molecular formula is C16H23BrN2O2. The van der Waals surface area contributed by atoms with E-state index in [9.17, 15) is 4.79 Å². The van der Waals surface area contributed by atoms with Gasteiger partial charge in [0.05, 0.1) is 6.04 Å². The minimum atomic E-state index is -0.441. The van der Waals surface area contributed by atoms with Gasteiger partial charge in [-0.25, -0.2) is 4.79 Å². The number of ether oxygens (including phenoxy) is 1. The average Bonchev–Trinajstić information content (AvgIpc) is 2.84. The fourth-order valence-corrected chi connectivity index (χ4v) is 2.68. The number of carbonyl (C=O) groups is 1. The first-order chi connectivity index (χ1) is 9.85. The average molecular weight is 355 g/mol. The molecule has 1 saturated heterocycles. The summed E-state index contributed by atoms with van der Waals surface area (Å²) in [5.74, 6) is 0. The van der Waals surface area contributed by atoms with E-state index in [1.807, 2.05) is 49.9 Å². The highest BCUT2D eigenvalue weighted by Gasteiger charge is 2.31. The molecule has 21 heavy (non-hydrogen) atoms. The van der Waals surface area contributed by atoms with Crippen molar-refractivity contribution >= 4 is 27.7 Å². The van der Waals surface area contributed by atoms with E-state index in [1.54, 1.807) is 0 Å². The lowest BCUT2D eigenvalue weighted by Gasteiger charge is -2.28. The van der Waals surface area contributed by atoms with Crippen LogP contribution in [0.25, 0.3) is 0 Å². The van der Waals surface area contributed by atoms with Gasteiger partial charge in [0.1, 0.15) is 5.60 Å². The van der Waals surface area contributed by atoms with Crippen LogP contribution in [0.4, 0.5) is 10.5 Å². The minimum absolute atomic E-state index is 0.198. The van der Waals surface area contributed by atoms with Crippen molar-refractivity contribution in [2.75, 3.05) is 18.4 Å². The zero-order valence-electron chi connectivity index (χ0n) is 12.9. The molecule has 0 spiro atoms. The molecule has 1 aromatic rings. The second kappa shape index (κ2) is 6.69. The van der Waals surface area contributed by atoms with Crippen LogP contribution in [0.3, 0.4) is 0 Å². The molecule has 1 N–H and O–H groups in total. The van der Waals surface area contributed by atoms with Gasteiger partial charge in [0, 0.05) is 23.2 Å². The number of anilines is 1. The number of rotatable bonds is 3. The second-order valence-electron chi connectivity index (χ2n) is 6.36. The molecule has 2 rings (SSSR count). The van der Waals surface area contributed by atoms with Crippen LogP contribution >= 0.6 is 15.9 Å². The van der Waals surface area contributed by atoms with Gasteiger partial charge < -0.3 is 15.0 Å². The third kappa shape index (κ3) is 4.92. The second-order valence-corrected chi connectivity index (χ2v) is 7.27. The van der Waals surface area contributed by atoms with Crippen molar-refractivity contribution < 1.29 is 9.53 Å². The van der Waals surface area contributed by atoms with Crippen molar-refractivity contribution in [1.29, 1.82) is 0 Å². The Morgan fingerprint density at radius 2 is 2.05 bits per heavy atom. The maximum atomic E-state index is 12.2. The molecule has 0 radical (unpaired) electrons. The molecule has 0 aromatic heterocycles. The Bertz CT molecular complexity index is 482. The summed E-state index contributed by atoms with van der Waals surface area (Å²) in [7, 11) is 0. The third-order valence-corrected chi connectivity index (χ3v) is 3.92. The highest BCUT2D eigenvalue weighted by Crippen LogP contribution is 2.22. The summed E-state index contributed by atoms with van der Waals surface area (Å²) in [6.07, 6.45) is 1.84. The molecule has 0 unspecified atom stereocenters. The Hall–Kier alpha value is -1.23. The summed E-state index contributed by atoms with van der Waals surface area (Å²) in [5.41, 5.74) is 0.623. The van der Waals surface area contributed by atoms with Crippen molar-refractivity contribution in [3.05, 3.63) is 28.7 Å². The number of carbonyl (C=O) groups excluding carboxylic acids is 1. The maximum Gasteiger partial charge on any atom is 0.410 e. The standard InChI is InChI=1S/C16H23BrN2O2/c1-16(2,3)21-15(20)19-10-4-5-14(19)11-18-13-8-6-12(17)7-9-13/h6-9,14,18H,4-5,10-11H2,1-3H3/t14-/m0/s1. The number of benzene rings is 1. The first kappa shape index (κ1) is 16.1. The van der Waals surface area contributed by atoms with Gasteiger partial charge in [0.2, 0.25) is 0 Å². The van der Waals surface area contributed by atoms with Crippen molar-refractivity contribution in [2.45, 2.75) is 45.3 Å². The summed E-state index contributed by atoms with van der Waals surface area (Å²) in [6, 6.07) is 8.25. The van der Waals surface area contributed by atoms with Crippen LogP contribution in [0, 0.1) is 0 Å². The molecule has 4 nitrogen and oxygen atoms in total. The molecule has 5 heteroatoms. The molecular weight excluding hydrogens is 332 g/mol. The van der Waals surface area contributed by atoms with Gasteiger partial charge in [-0.3, -0.25) is 0 Å². The summed E-state index contributed by atoms with van der Waals surface area (Å²) in [5, 5.41) is 3.39. The maximum absolute atomic E-state index is 12.2. The van der Waals surface area contributed by atoms with E-state index < -0.39 is 5.60 Å². The fourth-order valence-electron chi connectivity index (χ4n) is 2.41. The molecule has 0 bridgehead atoms. The summed E-state index contributed by atoms with van der Waals surface area (Å²) >= 11 is 3.42. The zero-order valence-corrected chi connectivity index (χ0v) is 14.4. The molecule has 1 aliphatic heterocycles. The Labute approximate surface area is 135 Å². The molecule has 0 aliphatic carbocycles. The lowest BCUT2D eigenvalue weighted by atomic mass is 10.2. The SMILES string of the molecule is CC(C)(C)OC(=O)N1CCC[C@H]1CNc1ccc(Br)cc1. The number of halogens is 1. The number of likely N-dealkylation sites (tertiary alicyclic amines) is 1. The quantitative estimate of drug-likeness (QED) is 0.881. The van der Waals surface area contributed by atoms with E-state index in [0.29, 0.717) is 0 Å². The van der Waals surface area contributed by atoms with Crippen molar-refractivity contribution in [1.82, 2.24) is 4.90 Å². The van der Waals surface area contributed by atoms with Crippen molar-refractivity contribution in [3.8, 4) is 0 Å². The lowest BCUT2D eigenvalue weighted by molar-refractivity contribution is 0.0235. The molecule has 0 saturated carbocycles. The van der Waals surface area contributed by atoms with Gasteiger partial charge in [-0.2, -0.15) is 0 Å². The highest BCUT2D eigenvalue weighted by atomic mass is 79.9. The summed E-state index contributed by atoms with van der Waals surface area (Å²) in [6.45, 7) is 7.23. The minimum Gasteiger partial charge on any atom is -0.444 e. The summed E-state index contributed by atoms with van der Waals surface area (Å²) in [4.78, 5) is 14.0. The van der Waals surface area contributed by atoms with Gasteiger partial charge in [-0.15, -0.1) is 0 Å². The summed E-state index contributed by atoms with van der Waals surface area (Å²) < 4.78 is 6.53. The fraction of sp³-hybridized carbons (Fsp3) is 0.562. The van der Waals surface area contributed by atoms with Gasteiger partial charge in [0.15, 0.2) is 0 Å². The normalized spacial score (nSPS) is 18.7. The van der Waals surface area contributed by atoms with Gasteiger partial charge in [0.25, 0.3) is 0 Å². The zero-order chi connectivity index (χ0) is 15.5. The Morgan fingerprint density at radius 3 is 2.67 bits per heavy atom. The van der Waals surface area contributed by atoms with Gasteiger partial charge in [-0.05, 0) is 57.9 Å². The Balaban J connectivity index is 1.90. The highest BCUT2D eigenvalue weighted by molar-refractivity contribution is 9.10. The number of amides is 1. The Morgan fingerprint density at radius 1 is 1.38 bits per heavy atom. The number of nitrogens with one attached hydrogen (secondary N) is 1. The number of nitrogens with zero attached hydrogens (tertiary/aromatic N) is 1. The lowest BCUT2D eigenvalue weighted by Crippen LogP contribution is -2.42. The van der Waals surface area contributed by atoms with Crippen LogP contribution in [0.2, 0.25) is 0 Å². The number of hydrogen-bond donors (Lipinski definition) is 1. The van der Waals surface area contributed by atoms with Crippen LogP contribution < -0.4 is 5.32 Å². The van der Waals surface area contributed by atoms with E-state index in [2.05, 4.69) is 21.2 Å². The topological polar surface area (TPSA) is 41.6 Å². The van der Waals surface area contributed by atoms with Crippen LogP contribution in [0.15, 0.2) is 28.7 Å². The van der Waals surface area contributed by atoms with Crippen LogP contribution in [-0.4, -0.2) is 35.7 Å². The largest absolute Gasteiger partial charge is 0.444 e. The van der Waals surface area contributed by atoms with Gasteiger partial charge >= 0.3 is 6.09 Å².